The molecule has 1 aromatic carbocycles. The van der Waals surface area contributed by atoms with Gasteiger partial charge in [-0.2, -0.15) is 0 Å². The Labute approximate surface area is 125 Å². The smallest absolute Gasteiger partial charge is 0.242 e. The first-order valence-electron chi connectivity index (χ1n) is 7.53. The summed E-state index contributed by atoms with van der Waals surface area (Å²) in [5, 5.41) is 15.5. The number of rotatable bonds is 5. The summed E-state index contributed by atoms with van der Waals surface area (Å²) < 4.78 is 0. The molecule has 114 valence electrons. The molecule has 1 aliphatic heterocycles. The van der Waals surface area contributed by atoms with Crippen molar-refractivity contribution in [1.82, 2.24) is 5.32 Å². The van der Waals surface area contributed by atoms with Crippen molar-refractivity contribution in [1.29, 1.82) is 0 Å². The molecule has 1 amide bonds. The summed E-state index contributed by atoms with van der Waals surface area (Å²) in [4.78, 5) is 14.3. The summed E-state index contributed by atoms with van der Waals surface area (Å²) in [5.41, 5.74) is 2.54. The van der Waals surface area contributed by atoms with Gasteiger partial charge in [-0.3, -0.25) is 4.79 Å². The minimum atomic E-state index is -0.233. The van der Waals surface area contributed by atoms with Crippen LogP contribution in [0.25, 0.3) is 0 Å². The molecule has 5 nitrogen and oxygen atoms in total. The monoisotopic (exact) mass is 289 g/mol. The molecule has 1 unspecified atom stereocenters. The van der Waals surface area contributed by atoms with Crippen molar-refractivity contribution < 1.29 is 10.0 Å². The SMILES string of the molecule is CCCCNC(=O)C(C)N1CCC(=NO)c2ccccc21. The van der Waals surface area contributed by atoms with Gasteiger partial charge >= 0.3 is 0 Å². The van der Waals surface area contributed by atoms with E-state index in [9.17, 15) is 4.79 Å². The minimum Gasteiger partial charge on any atom is -0.411 e. The van der Waals surface area contributed by atoms with Gasteiger partial charge in [-0.15, -0.1) is 0 Å². The number of hydrogen-bond acceptors (Lipinski definition) is 4. The van der Waals surface area contributed by atoms with Gasteiger partial charge in [-0.05, 0) is 19.4 Å². The molecule has 0 fully saturated rings. The van der Waals surface area contributed by atoms with Crippen LogP contribution in [0.1, 0.15) is 38.7 Å². The molecule has 1 aliphatic rings. The van der Waals surface area contributed by atoms with Gasteiger partial charge in [-0.25, -0.2) is 0 Å². The van der Waals surface area contributed by atoms with Crippen molar-refractivity contribution >= 4 is 17.3 Å². The molecule has 2 rings (SSSR count). The number of amides is 1. The van der Waals surface area contributed by atoms with Crippen LogP contribution in [0, 0.1) is 0 Å². The number of carbonyl (C=O) groups is 1. The standard InChI is InChI=1S/C16H23N3O2/c1-3-4-10-17-16(20)12(2)19-11-9-14(18-21)13-7-5-6-8-15(13)19/h5-8,12,21H,3-4,9-11H2,1-2H3,(H,17,20). The molecule has 0 saturated heterocycles. The highest BCUT2D eigenvalue weighted by Crippen LogP contribution is 2.28. The van der Waals surface area contributed by atoms with E-state index in [4.69, 9.17) is 5.21 Å². The second-order valence-corrected chi connectivity index (χ2v) is 5.33. The maximum Gasteiger partial charge on any atom is 0.242 e. The maximum atomic E-state index is 12.2. The summed E-state index contributed by atoms with van der Waals surface area (Å²) in [6, 6.07) is 7.52. The molecule has 21 heavy (non-hydrogen) atoms. The molecule has 2 N–H and O–H groups in total. The zero-order valence-electron chi connectivity index (χ0n) is 12.7. The number of oxime groups is 1. The highest BCUT2D eigenvalue weighted by atomic mass is 16.4. The maximum absolute atomic E-state index is 12.2. The van der Waals surface area contributed by atoms with Crippen molar-refractivity contribution in [3.8, 4) is 0 Å². The Kier molecular flexibility index (Phi) is 5.20. The summed E-state index contributed by atoms with van der Waals surface area (Å²) in [5.74, 6) is 0.0441. The third-order valence-corrected chi connectivity index (χ3v) is 3.91. The quantitative estimate of drug-likeness (QED) is 0.497. The lowest BCUT2D eigenvalue weighted by molar-refractivity contribution is -0.122. The van der Waals surface area contributed by atoms with Crippen LogP contribution in [-0.2, 0) is 4.79 Å². The first-order chi connectivity index (χ1) is 10.2. The molecule has 0 radical (unpaired) electrons. The molecular formula is C16H23N3O2. The number of nitrogens with one attached hydrogen (secondary N) is 1. The topological polar surface area (TPSA) is 64.9 Å². The Morgan fingerprint density at radius 3 is 2.95 bits per heavy atom. The van der Waals surface area contributed by atoms with E-state index in [0.717, 1.165) is 30.6 Å². The largest absolute Gasteiger partial charge is 0.411 e. The van der Waals surface area contributed by atoms with Gasteiger partial charge < -0.3 is 15.4 Å². The third-order valence-electron chi connectivity index (χ3n) is 3.91. The molecule has 0 aromatic heterocycles. The van der Waals surface area contributed by atoms with Crippen molar-refractivity contribution in [2.75, 3.05) is 18.0 Å². The average Bonchev–Trinajstić information content (AvgIpc) is 2.53. The third kappa shape index (κ3) is 3.35. The number of hydrogen-bond donors (Lipinski definition) is 2. The number of para-hydroxylation sites is 1. The zero-order valence-corrected chi connectivity index (χ0v) is 12.7. The minimum absolute atomic E-state index is 0.0441. The van der Waals surface area contributed by atoms with Gasteiger partial charge in [0, 0.05) is 30.8 Å². The second kappa shape index (κ2) is 7.11. The Hall–Kier alpha value is -2.04. The molecule has 0 bridgehead atoms. The Bertz CT molecular complexity index is 528. The number of nitrogens with zero attached hydrogens (tertiary/aromatic N) is 2. The lowest BCUT2D eigenvalue weighted by atomic mass is 9.98. The van der Waals surface area contributed by atoms with Crippen LogP contribution < -0.4 is 10.2 Å². The summed E-state index contributed by atoms with van der Waals surface area (Å²) >= 11 is 0. The predicted molar refractivity (Wildman–Crippen MR) is 84.1 cm³/mol. The summed E-state index contributed by atoms with van der Waals surface area (Å²) in [6.07, 6.45) is 2.70. The van der Waals surface area contributed by atoms with Crippen LogP contribution in [-0.4, -0.2) is 36.0 Å². The van der Waals surface area contributed by atoms with E-state index in [-0.39, 0.29) is 11.9 Å². The highest BCUT2D eigenvalue weighted by Gasteiger charge is 2.28. The fourth-order valence-electron chi connectivity index (χ4n) is 2.63. The highest BCUT2D eigenvalue weighted by molar-refractivity contribution is 6.07. The van der Waals surface area contributed by atoms with Gasteiger partial charge in [0.1, 0.15) is 6.04 Å². The van der Waals surface area contributed by atoms with Crippen molar-refractivity contribution in [2.45, 2.75) is 39.2 Å². The Morgan fingerprint density at radius 2 is 2.24 bits per heavy atom. The number of unbranched alkanes of at least 4 members (excludes halogenated alkanes) is 1. The van der Waals surface area contributed by atoms with E-state index >= 15 is 0 Å². The van der Waals surface area contributed by atoms with Gasteiger partial charge in [0.05, 0.1) is 5.71 Å². The first-order valence-corrected chi connectivity index (χ1v) is 7.53. The van der Waals surface area contributed by atoms with E-state index in [0.29, 0.717) is 18.7 Å². The average molecular weight is 289 g/mol. The number of anilines is 1. The molecular weight excluding hydrogens is 266 g/mol. The molecule has 5 heteroatoms. The van der Waals surface area contributed by atoms with E-state index in [1.54, 1.807) is 0 Å². The van der Waals surface area contributed by atoms with Crippen LogP contribution in [0.15, 0.2) is 29.4 Å². The second-order valence-electron chi connectivity index (χ2n) is 5.33. The molecule has 1 heterocycles. The molecule has 0 spiro atoms. The van der Waals surface area contributed by atoms with Crippen LogP contribution in [0.4, 0.5) is 5.69 Å². The predicted octanol–water partition coefficient (Wildman–Crippen LogP) is 2.38. The molecule has 0 saturated carbocycles. The normalized spacial score (nSPS) is 17.4. The van der Waals surface area contributed by atoms with Gasteiger partial charge in [0.25, 0.3) is 0 Å². The van der Waals surface area contributed by atoms with Gasteiger partial charge in [0.15, 0.2) is 0 Å². The molecule has 0 aliphatic carbocycles. The Morgan fingerprint density at radius 1 is 1.48 bits per heavy atom. The lowest BCUT2D eigenvalue weighted by Crippen LogP contribution is -2.48. The van der Waals surface area contributed by atoms with Crippen LogP contribution in [0.5, 0.6) is 0 Å². The van der Waals surface area contributed by atoms with Crippen LogP contribution in [0.3, 0.4) is 0 Å². The fourth-order valence-corrected chi connectivity index (χ4v) is 2.63. The van der Waals surface area contributed by atoms with Crippen LogP contribution in [0.2, 0.25) is 0 Å². The van der Waals surface area contributed by atoms with E-state index in [1.165, 1.54) is 0 Å². The molecule has 1 atom stereocenters. The van der Waals surface area contributed by atoms with E-state index in [1.807, 2.05) is 31.2 Å². The number of fused-ring (bicyclic) bond motifs is 1. The van der Waals surface area contributed by atoms with Gasteiger partial charge in [-0.1, -0.05) is 36.7 Å². The van der Waals surface area contributed by atoms with Crippen molar-refractivity contribution in [2.24, 2.45) is 5.16 Å². The van der Waals surface area contributed by atoms with E-state index < -0.39 is 0 Å². The first kappa shape index (κ1) is 15.4. The summed E-state index contributed by atoms with van der Waals surface area (Å²) in [7, 11) is 0. The zero-order chi connectivity index (χ0) is 15.2. The summed E-state index contributed by atoms with van der Waals surface area (Å²) in [6.45, 7) is 5.42. The molecule has 1 aromatic rings. The fraction of sp³-hybridized carbons (Fsp3) is 0.500. The number of benzene rings is 1. The van der Waals surface area contributed by atoms with E-state index in [2.05, 4.69) is 22.3 Å². The van der Waals surface area contributed by atoms with Crippen LogP contribution >= 0.6 is 0 Å². The lowest BCUT2D eigenvalue weighted by Gasteiger charge is -2.35. The van der Waals surface area contributed by atoms with Gasteiger partial charge in [0.2, 0.25) is 5.91 Å². The number of carbonyl (C=O) groups excluding carboxylic acids is 1. The Balaban J connectivity index is 2.15. The van der Waals surface area contributed by atoms with Crippen molar-refractivity contribution in [3.63, 3.8) is 0 Å². The van der Waals surface area contributed by atoms with Crippen molar-refractivity contribution in [3.05, 3.63) is 29.8 Å².